The van der Waals surface area contributed by atoms with Gasteiger partial charge in [-0.3, -0.25) is 5.41 Å². The molecule has 0 saturated carbocycles. The van der Waals surface area contributed by atoms with Crippen molar-refractivity contribution in [2.24, 2.45) is 5.73 Å². The quantitative estimate of drug-likeness (QED) is 0.671. The van der Waals surface area contributed by atoms with E-state index in [0.717, 1.165) is 0 Å². The number of ether oxygens (including phenoxy) is 1. The summed E-state index contributed by atoms with van der Waals surface area (Å²) in [4.78, 5) is 0. The molecule has 0 aliphatic heterocycles. The molecule has 0 spiro atoms. The number of benzene rings is 2. The molecule has 0 atom stereocenters. The molecule has 0 bridgehead atoms. The first-order valence-corrected chi connectivity index (χ1v) is 5.94. The van der Waals surface area contributed by atoms with Gasteiger partial charge >= 0.3 is 0 Å². The van der Waals surface area contributed by atoms with Crippen LogP contribution in [0.25, 0.3) is 0 Å². The van der Waals surface area contributed by atoms with Gasteiger partial charge in [-0.25, -0.2) is 4.39 Å². The largest absolute Gasteiger partial charge is 0.454 e. The van der Waals surface area contributed by atoms with Gasteiger partial charge in [-0.15, -0.1) is 0 Å². The third-order valence-corrected chi connectivity index (χ3v) is 3.08. The highest BCUT2D eigenvalue weighted by molar-refractivity contribution is 9.10. The maximum atomic E-state index is 14.0. The third-order valence-electron chi connectivity index (χ3n) is 2.31. The van der Waals surface area contributed by atoms with E-state index in [1.807, 2.05) is 6.07 Å². The van der Waals surface area contributed by atoms with Crippen molar-refractivity contribution in [3.8, 4) is 11.5 Å². The molecular formula is C13H10BrFN2O. The predicted molar refractivity (Wildman–Crippen MR) is 71.6 cm³/mol. The molecule has 0 unspecified atom stereocenters. The summed E-state index contributed by atoms with van der Waals surface area (Å²) in [6.45, 7) is 0. The molecule has 0 fully saturated rings. The summed E-state index contributed by atoms with van der Waals surface area (Å²) in [5.74, 6) is -0.157. The van der Waals surface area contributed by atoms with E-state index in [4.69, 9.17) is 15.9 Å². The van der Waals surface area contributed by atoms with Crippen molar-refractivity contribution >= 4 is 21.8 Å². The van der Waals surface area contributed by atoms with Gasteiger partial charge in [-0.1, -0.05) is 18.2 Å². The van der Waals surface area contributed by atoms with Crippen LogP contribution >= 0.6 is 15.9 Å². The van der Waals surface area contributed by atoms with E-state index in [0.29, 0.717) is 11.3 Å². The Morgan fingerprint density at radius 3 is 2.44 bits per heavy atom. The van der Waals surface area contributed by atoms with Gasteiger partial charge in [-0.05, 0) is 40.2 Å². The van der Waals surface area contributed by atoms with Crippen molar-refractivity contribution in [3.63, 3.8) is 0 Å². The molecule has 0 aliphatic carbocycles. The van der Waals surface area contributed by atoms with E-state index in [1.165, 1.54) is 12.1 Å². The van der Waals surface area contributed by atoms with E-state index >= 15 is 0 Å². The number of para-hydroxylation sites is 1. The fourth-order valence-corrected chi connectivity index (χ4v) is 1.98. The van der Waals surface area contributed by atoms with Crippen molar-refractivity contribution in [1.29, 1.82) is 5.41 Å². The number of halogens is 2. The van der Waals surface area contributed by atoms with Gasteiger partial charge in [0.15, 0.2) is 11.6 Å². The molecule has 2 rings (SSSR count). The van der Waals surface area contributed by atoms with Crippen molar-refractivity contribution in [2.45, 2.75) is 0 Å². The van der Waals surface area contributed by atoms with Crippen LogP contribution in [-0.4, -0.2) is 5.84 Å². The molecule has 0 aliphatic rings. The van der Waals surface area contributed by atoms with Gasteiger partial charge in [0.25, 0.3) is 0 Å². The van der Waals surface area contributed by atoms with Gasteiger partial charge in [0.1, 0.15) is 11.6 Å². The van der Waals surface area contributed by atoms with Crippen molar-refractivity contribution < 1.29 is 9.13 Å². The zero-order valence-corrected chi connectivity index (χ0v) is 10.9. The highest BCUT2D eigenvalue weighted by atomic mass is 79.9. The maximum absolute atomic E-state index is 14.0. The summed E-state index contributed by atoms with van der Waals surface area (Å²) < 4.78 is 19.5. The maximum Gasteiger partial charge on any atom is 0.180 e. The van der Waals surface area contributed by atoms with Crippen LogP contribution in [0.15, 0.2) is 46.9 Å². The highest BCUT2D eigenvalue weighted by Gasteiger charge is 2.14. The Kier molecular flexibility index (Phi) is 3.62. The standard InChI is InChI=1S/C13H10BrFN2O/c14-11-9(13(16)17)6-7-10(12(11)15)18-8-4-2-1-3-5-8/h1-7H,(H3,16,17). The fourth-order valence-electron chi connectivity index (χ4n) is 1.43. The second kappa shape index (κ2) is 5.18. The van der Waals surface area contributed by atoms with E-state index < -0.39 is 5.82 Å². The summed E-state index contributed by atoms with van der Waals surface area (Å²) in [6, 6.07) is 11.9. The molecule has 2 aromatic rings. The van der Waals surface area contributed by atoms with Gasteiger partial charge in [0, 0.05) is 5.56 Å². The lowest BCUT2D eigenvalue weighted by atomic mass is 10.2. The molecule has 2 aromatic carbocycles. The Morgan fingerprint density at radius 1 is 1.17 bits per heavy atom. The second-order valence-electron chi connectivity index (χ2n) is 3.57. The Balaban J connectivity index is 2.36. The minimum atomic E-state index is -0.577. The molecule has 18 heavy (non-hydrogen) atoms. The number of rotatable bonds is 3. The number of hydrogen-bond acceptors (Lipinski definition) is 2. The predicted octanol–water partition coefficient (Wildman–Crippen LogP) is 3.66. The average Bonchev–Trinajstić information content (AvgIpc) is 2.36. The molecule has 0 saturated heterocycles. The van der Waals surface area contributed by atoms with E-state index in [1.54, 1.807) is 24.3 Å². The second-order valence-corrected chi connectivity index (χ2v) is 4.36. The highest BCUT2D eigenvalue weighted by Crippen LogP contribution is 2.31. The lowest BCUT2D eigenvalue weighted by Gasteiger charge is -2.10. The summed E-state index contributed by atoms with van der Waals surface area (Å²) in [5, 5.41) is 7.30. The number of amidine groups is 1. The summed E-state index contributed by atoms with van der Waals surface area (Å²) in [6.07, 6.45) is 0. The fraction of sp³-hybridized carbons (Fsp3) is 0. The average molecular weight is 309 g/mol. The van der Waals surface area contributed by atoms with Gasteiger partial charge < -0.3 is 10.5 Å². The molecule has 92 valence electrons. The Morgan fingerprint density at radius 2 is 1.83 bits per heavy atom. The number of nitrogens with one attached hydrogen (secondary N) is 1. The third kappa shape index (κ3) is 2.51. The minimum absolute atomic E-state index is 0.0816. The molecule has 3 nitrogen and oxygen atoms in total. The number of nitrogens with two attached hydrogens (primary N) is 1. The first-order chi connectivity index (χ1) is 8.59. The summed E-state index contributed by atoms with van der Waals surface area (Å²) >= 11 is 3.07. The zero-order valence-electron chi connectivity index (χ0n) is 9.28. The van der Waals surface area contributed by atoms with Crippen LogP contribution in [-0.2, 0) is 0 Å². The summed E-state index contributed by atoms with van der Waals surface area (Å²) in [7, 11) is 0. The molecule has 0 radical (unpaired) electrons. The zero-order chi connectivity index (χ0) is 13.1. The van der Waals surface area contributed by atoms with Crippen LogP contribution in [0.3, 0.4) is 0 Å². The molecule has 0 aromatic heterocycles. The monoisotopic (exact) mass is 308 g/mol. The molecule has 5 heteroatoms. The Hall–Kier alpha value is -1.88. The van der Waals surface area contributed by atoms with E-state index in [-0.39, 0.29) is 16.1 Å². The van der Waals surface area contributed by atoms with E-state index in [2.05, 4.69) is 15.9 Å². The lowest BCUT2D eigenvalue weighted by Crippen LogP contribution is -2.12. The van der Waals surface area contributed by atoms with Crippen LogP contribution in [0.5, 0.6) is 11.5 Å². The van der Waals surface area contributed by atoms with Crippen molar-refractivity contribution in [3.05, 3.63) is 58.3 Å². The van der Waals surface area contributed by atoms with Crippen LogP contribution in [0.1, 0.15) is 5.56 Å². The molecule has 0 heterocycles. The Bertz CT molecular complexity index is 587. The Labute approximate surface area is 112 Å². The van der Waals surface area contributed by atoms with Gasteiger partial charge in [0.05, 0.1) is 4.47 Å². The van der Waals surface area contributed by atoms with Gasteiger partial charge in [0.2, 0.25) is 0 Å². The van der Waals surface area contributed by atoms with E-state index in [9.17, 15) is 4.39 Å². The first kappa shape index (κ1) is 12.6. The van der Waals surface area contributed by atoms with Gasteiger partial charge in [-0.2, -0.15) is 0 Å². The summed E-state index contributed by atoms with van der Waals surface area (Å²) in [5.41, 5.74) is 5.63. The normalized spacial score (nSPS) is 10.1. The van der Waals surface area contributed by atoms with Crippen LogP contribution in [0.2, 0.25) is 0 Å². The SMILES string of the molecule is N=C(N)c1ccc(Oc2ccccc2)c(F)c1Br. The number of nitrogen functional groups attached to an aromatic ring is 1. The van der Waals surface area contributed by atoms with Crippen molar-refractivity contribution in [2.75, 3.05) is 0 Å². The first-order valence-electron chi connectivity index (χ1n) is 5.15. The molecule has 0 amide bonds. The van der Waals surface area contributed by atoms with Crippen LogP contribution in [0, 0.1) is 11.2 Å². The number of hydrogen-bond donors (Lipinski definition) is 2. The smallest absolute Gasteiger partial charge is 0.180 e. The lowest BCUT2D eigenvalue weighted by molar-refractivity contribution is 0.440. The topological polar surface area (TPSA) is 59.1 Å². The molecular weight excluding hydrogens is 299 g/mol. The minimum Gasteiger partial charge on any atom is -0.454 e. The van der Waals surface area contributed by atoms with Crippen LogP contribution in [0.4, 0.5) is 4.39 Å². The van der Waals surface area contributed by atoms with Crippen molar-refractivity contribution in [1.82, 2.24) is 0 Å². The van der Waals surface area contributed by atoms with Crippen LogP contribution < -0.4 is 10.5 Å². The molecule has 3 N–H and O–H groups in total.